The normalized spacial score (nSPS) is 17.8. The Morgan fingerprint density at radius 2 is 1.79 bits per heavy atom. The van der Waals surface area contributed by atoms with Crippen LogP contribution in [0.3, 0.4) is 0 Å². The average Bonchev–Trinajstić information content (AvgIpc) is 2.98. The Bertz CT molecular complexity index is 1150. The van der Waals surface area contributed by atoms with Crippen LogP contribution in [0.5, 0.6) is 0 Å². The first-order valence-corrected chi connectivity index (χ1v) is 13.4. The van der Waals surface area contributed by atoms with E-state index in [4.69, 9.17) is 4.74 Å². The molecule has 0 spiro atoms. The molecule has 0 radical (unpaired) electrons. The smallest absolute Gasteiger partial charge is 0.341 e. The second-order valence-electron chi connectivity index (χ2n) is 8.45. The topological polar surface area (TPSA) is 96.0 Å². The van der Waals surface area contributed by atoms with Crippen molar-refractivity contribution in [3.05, 3.63) is 45.8 Å². The Hall–Kier alpha value is -2.27. The van der Waals surface area contributed by atoms with Crippen LogP contribution in [0, 0.1) is 0 Å². The number of aryl methyl sites for hydroxylation is 1. The van der Waals surface area contributed by atoms with Gasteiger partial charge in [-0.2, -0.15) is 4.31 Å². The Balaban J connectivity index is 1.59. The Kier molecular flexibility index (Phi) is 7.18. The number of amides is 1. The molecule has 2 aliphatic rings. The molecule has 1 aromatic carbocycles. The van der Waals surface area contributed by atoms with Crippen LogP contribution in [-0.4, -0.2) is 69.8 Å². The van der Waals surface area contributed by atoms with E-state index >= 15 is 0 Å². The number of sulfonamides is 1. The minimum absolute atomic E-state index is 0.0925. The van der Waals surface area contributed by atoms with Gasteiger partial charge in [0.05, 0.1) is 17.6 Å². The number of esters is 1. The second kappa shape index (κ2) is 9.92. The molecule has 1 N–H and O–H groups in total. The van der Waals surface area contributed by atoms with Crippen molar-refractivity contribution in [1.29, 1.82) is 0 Å². The highest BCUT2D eigenvalue weighted by Gasteiger charge is 2.29. The summed E-state index contributed by atoms with van der Waals surface area (Å²) in [5, 5.41) is 3.31. The van der Waals surface area contributed by atoms with Crippen molar-refractivity contribution in [2.45, 2.75) is 37.0 Å². The van der Waals surface area contributed by atoms with Crippen LogP contribution in [-0.2, 0) is 27.6 Å². The molecule has 178 valence electrons. The molecule has 0 bridgehead atoms. The first-order valence-electron chi connectivity index (χ1n) is 11.1. The van der Waals surface area contributed by atoms with Crippen LogP contribution >= 0.6 is 11.3 Å². The number of piperazine rings is 1. The number of ether oxygens (including phenoxy) is 1. The maximum atomic E-state index is 13.1. The molecule has 0 unspecified atom stereocenters. The van der Waals surface area contributed by atoms with Gasteiger partial charge in [0, 0.05) is 36.6 Å². The molecule has 2 heterocycles. The highest BCUT2D eigenvalue weighted by atomic mass is 32.2. The highest BCUT2D eigenvalue weighted by Crippen LogP contribution is 2.38. The number of likely N-dealkylation sites (N-methyl/N-ethyl adjacent to an activating group) is 1. The van der Waals surface area contributed by atoms with Gasteiger partial charge in [-0.15, -0.1) is 11.3 Å². The van der Waals surface area contributed by atoms with E-state index in [-0.39, 0.29) is 10.5 Å². The summed E-state index contributed by atoms with van der Waals surface area (Å²) in [6.07, 6.45) is 4.81. The van der Waals surface area contributed by atoms with Crippen LogP contribution in [0.15, 0.2) is 29.2 Å². The number of carbonyl (C=O) groups excluding carboxylic acids is 2. The molecule has 1 aliphatic carbocycles. The van der Waals surface area contributed by atoms with E-state index in [9.17, 15) is 18.0 Å². The molecule has 1 amide bonds. The maximum Gasteiger partial charge on any atom is 0.341 e. The zero-order valence-electron chi connectivity index (χ0n) is 18.9. The Morgan fingerprint density at radius 3 is 2.52 bits per heavy atom. The Labute approximate surface area is 198 Å². The van der Waals surface area contributed by atoms with E-state index in [0.717, 1.165) is 42.5 Å². The minimum Gasteiger partial charge on any atom is -0.465 e. The van der Waals surface area contributed by atoms with E-state index < -0.39 is 21.9 Å². The molecular weight excluding hydrogens is 462 g/mol. The zero-order valence-corrected chi connectivity index (χ0v) is 20.6. The van der Waals surface area contributed by atoms with E-state index in [2.05, 4.69) is 10.2 Å². The number of hydrogen-bond acceptors (Lipinski definition) is 7. The average molecular weight is 492 g/mol. The van der Waals surface area contributed by atoms with Crippen molar-refractivity contribution in [1.82, 2.24) is 9.21 Å². The lowest BCUT2D eigenvalue weighted by Gasteiger charge is -2.31. The molecular formula is C23H29N3O5S2. The van der Waals surface area contributed by atoms with Gasteiger partial charge in [0.15, 0.2) is 0 Å². The molecule has 2 aromatic rings. The number of rotatable bonds is 5. The number of fused-ring (bicyclic) bond motifs is 1. The molecule has 0 atom stereocenters. The molecule has 8 nitrogen and oxygen atoms in total. The third-order valence-corrected chi connectivity index (χ3v) is 9.34. The molecule has 33 heavy (non-hydrogen) atoms. The van der Waals surface area contributed by atoms with Crippen molar-refractivity contribution in [3.8, 4) is 0 Å². The summed E-state index contributed by atoms with van der Waals surface area (Å²) in [6, 6.07) is 6.06. The molecule has 1 saturated heterocycles. The number of methoxy groups -OCH3 is 1. The fourth-order valence-corrected chi connectivity index (χ4v) is 7.04. The van der Waals surface area contributed by atoms with Crippen LogP contribution in [0.2, 0.25) is 0 Å². The van der Waals surface area contributed by atoms with Gasteiger partial charge in [0.25, 0.3) is 5.91 Å². The first kappa shape index (κ1) is 23.9. The van der Waals surface area contributed by atoms with Gasteiger partial charge in [0.1, 0.15) is 5.00 Å². The summed E-state index contributed by atoms with van der Waals surface area (Å²) in [7, 11) is -0.396. The Morgan fingerprint density at radius 1 is 1.06 bits per heavy atom. The molecule has 4 rings (SSSR count). The quantitative estimate of drug-likeness (QED) is 0.510. The van der Waals surface area contributed by atoms with Gasteiger partial charge in [-0.3, -0.25) is 4.79 Å². The number of carbonyl (C=O) groups is 2. The van der Waals surface area contributed by atoms with E-state index in [1.807, 2.05) is 7.05 Å². The third kappa shape index (κ3) is 4.98. The lowest BCUT2D eigenvalue weighted by Crippen LogP contribution is -2.47. The fourth-order valence-electron chi connectivity index (χ4n) is 4.30. The third-order valence-electron chi connectivity index (χ3n) is 6.23. The number of thiophene rings is 1. The van der Waals surface area contributed by atoms with Gasteiger partial charge in [-0.25, -0.2) is 13.2 Å². The minimum atomic E-state index is -3.69. The highest BCUT2D eigenvalue weighted by molar-refractivity contribution is 7.89. The summed E-state index contributed by atoms with van der Waals surface area (Å²) in [5.74, 6) is -0.914. The fraction of sp³-hybridized carbons (Fsp3) is 0.478. The van der Waals surface area contributed by atoms with Crippen LogP contribution < -0.4 is 5.32 Å². The molecule has 1 aliphatic heterocycles. The zero-order chi connectivity index (χ0) is 23.6. The monoisotopic (exact) mass is 491 g/mol. The molecule has 0 saturated carbocycles. The van der Waals surface area contributed by atoms with Crippen molar-refractivity contribution < 1.29 is 22.7 Å². The van der Waals surface area contributed by atoms with Crippen molar-refractivity contribution >= 4 is 38.2 Å². The maximum absolute atomic E-state index is 13.1. The predicted molar refractivity (Wildman–Crippen MR) is 128 cm³/mol. The van der Waals surface area contributed by atoms with E-state index in [1.54, 1.807) is 12.1 Å². The molecule has 1 aromatic heterocycles. The lowest BCUT2D eigenvalue weighted by molar-refractivity contribution is 0.0601. The summed E-state index contributed by atoms with van der Waals surface area (Å²) >= 11 is 1.41. The number of benzene rings is 1. The van der Waals surface area contributed by atoms with E-state index in [0.29, 0.717) is 36.7 Å². The summed E-state index contributed by atoms with van der Waals surface area (Å²) < 4.78 is 32.6. The van der Waals surface area contributed by atoms with Gasteiger partial charge < -0.3 is 15.0 Å². The number of hydrogen-bond donors (Lipinski definition) is 1. The summed E-state index contributed by atoms with van der Waals surface area (Å²) in [6.45, 7) is 2.16. The van der Waals surface area contributed by atoms with Crippen LogP contribution in [0.25, 0.3) is 0 Å². The molecule has 10 heteroatoms. The van der Waals surface area contributed by atoms with Gasteiger partial charge in [-0.05, 0) is 56.5 Å². The van der Waals surface area contributed by atoms with Crippen molar-refractivity contribution in [3.63, 3.8) is 0 Å². The standard InChI is InChI=1S/C23H29N3O5S2/c1-25-11-13-26(14-12-25)33(29,30)17-8-6-7-16(15-17)21(27)24-22-20(23(28)31-2)18-9-4-3-5-10-19(18)32-22/h6-8,15H,3-5,9-14H2,1-2H3,(H,24,27). The van der Waals surface area contributed by atoms with Crippen molar-refractivity contribution in [2.75, 3.05) is 45.7 Å². The number of nitrogens with one attached hydrogen (secondary N) is 1. The summed E-state index contributed by atoms with van der Waals surface area (Å²) in [4.78, 5) is 28.9. The first-order chi connectivity index (χ1) is 15.8. The number of nitrogens with zero attached hydrogens (tertiary/aromatic N) is 2. The van der Waals surface area contributed by atoms with Crippen LogP contribution in [0.1, 0.15) is 50.4 Å². The lowest BCUT2D eigenvalue weighted by atomic mass is 10.1. The summed E-state index contributed by atoms with van der Waals surface area (Å²) in [5.41, 5.74) is 1.62. The number of anilines is 1. The van der Waals surface area contributed by atoms with Crippen LogP contribution in [0.4, 0.5) is 5.00 Å². The largest absolute Gasteiger partial charge is 0.465 e. The van der Waals surface area contributed by atoms with Crippen molar-refractivity contribution in [2.24, 2.45) is 0 Å². The molecule has 1 fully saturated rings. The predicted octanol–water partition coefficient (Wildman–Crippen LogP) is 2.99. The SMILES string of the molecule is COC(=O)c1c(NC(=O)c2cccc(S(=O)(=O)N3CCN(C)CC3)c2)sc2c1CCCCC2. The van der Waals surface area contributed by atoms with Gasteiger partial charge >= 0.3 is 5.97 Å². The van der Waals surface area contributed by atoms with E-state index in [1.165, 1.54) is 34.9 Å². The second-order valence-corrected chi connectivity index (χ2v) is 11.5. The van der Waals surface area contributed by atoms with Gasteiger partial charge in [-0.1, -0.05) is 12.5 Å². The van der Waals surface area contributed by atoms with Gasteiger partial charge in [0.2, 0.25) is 10.0 Å².